The molecule has 0 radical (unpaired) electrons. The second kappa shape index (κ2) is 17.4. The van der Waals surface area contributed by atoms with E-state index in [1.807, 2.05) is 36.4 Å². The Balaban J connectivity index is 1.30. The third kappa shape index (κ3) is 9.74. The van der Waals surface area contributed by atoms with Crippen molar-refractivity contribution in [2.75, 3.05) is 18.6 Å². The first-order valence-corrected chi connectivity index (χ1v) is 16.6. The van der Waals surface area contributed by atoms with Crippen LogP contribution in [0.1, 0.15) is 34.8 Å². The van der Waals surface area contributed by atoms with Crippen LogP contribution in [0.2, 0.25) is 0 Å². The number of para-hydroxylation sites is 1. The van der Waals surface area contributed by atoms with Gasteiger partial charge in [-0.2, -0.15) is 5.10 Å². The first-order chi connectivity index (χ1) is 24.3. The van der Waals surface area contributed by atoms with Gasteiger partial charge in [-0.25, -0.2) is 19.4 Å². The van der Waals surface area contributed by atoms with Crippen molar-refractivity contribution in [3.63, 3.8) is 0 Å². The summed E-state index contributed by atoms with van der Waals surface area (Å²) in [6.45, 7) is 8.51. The highest BCUT2D eigenvalue weighted by molar-refractivity contribution is 7.22. The highest BCUT2D eigenvalue weighted by Crippen LogP contribution is 2.29. The molecule has 5 aromatic rings. The van der Waals surface area contributed by atoms with Crippen molar-refractivity contribution in [2.24, 2.45) is 5.10 Å². The summed E-state index contributed by atoms with van der Waals surface area (Å²) in [7, 11) is 0. The molecule has 0 bridgehead atoms. The maximum atomic E-state index is 13.3. The normalized spacial score (nSPS) is 11.5. The van der Waals surface area contributed by atoms with Gasteiger partial charge in [0.05, 0.1) is 22.0 Å². The fourth-order valence-electron chi connectivity index (χ4n) is 4.75. The highest BCUT2D eigenvalue weighted by atomic mass is 32.1. The van der Waals surface area contributed by atoms with Gasteiger partial charge in [-0.3, -0.25) is 5.43 Å². The number of aryl methyl sites for hydroxylation is 1. The third-order valence-electron chi connectivity index (χ3n) is 7.25. The van der Waals surface area contributed by atoms with E-state index >= 15 is 0 Å². The van der Waals surface area contributed by atoms with E-state index in [2.05, 4.69) is 59.9 Å². The van der Waals surface area contributed by atoms with Crippen LogP contribution in [0.4, 0.5) is 5.13 Å². The van der Waals surface area contributed by atoms with Crippen LogP contribution in [0.3, 0.4) is 0 Å². The predicted octanol–water partition coefficient (Wildman–Crippen LogP) is 7.79. The van der Waals surface area contributed by atoms with E-state index in [0.717, 1.165) is 46.3 Å². The predicted molar refractivity (Wildman–Crippen MR) is 195 cm³/mol. The number of hydrogen-bond donors (Lipinski definition) is 1. The molecule has 5 rings (SSSR count). The van der Waals surface area contributed by atoms with Gasteiger partial charge in [0, 0.05) is 17.7 Å². The van der Waals surface area contributed by atoms with Crippen LogP contribution in [0.15, 0.2) is 121 Å². The Labute approximate surface area is 293 Å². The van der Waals surface area contributed by atoms with Gasteiger partial charge in [-0.15, -0.1) is 0 Å². The minimum atomic E-state index is -0.893. The standard InChI is InChI=1S/C39H35N3O7S/c1-4-9-26-12-14-27(15-13-26)29-18-21-34(30(22-29)23-40-42-39-41-33-10-7-8-11-35(33)50-39)49-38(45)28-16-19-31(20-17-28)46-24-32(48-37(44)6-3)25-47-36(43)5-2/h5-8,10-23,32H,2-4,9,24-25H2,1H3,(H,41,42). The van der Waals surface area contributed by atoms with Gasteiger partial charge in [0.2, 0.25) is 5.13 Å². The van der Waals surface area contributed by atoms with Gasteiger partial charge < -0.3 is 18.9 Å². The average Bonchev–Trinajstić information content (AvgIpc) is 3.56. The van der Waals surface area contributed by atoms with Crippen molar-refractivity contribution in [1.29, 1.82) is 0 Å². The summed E-state index contributed by atoms with van der Waals surface area (Å²) in [5, 5.41) is 5.05. The molecule has 1 aromatic heterocycles. The van der Waals surface area contributed by atoms with Crippen molar-refractivity contribution < 1.29 is 33.3 Å². The van der Waals surface area contributed by atoms with Crippen LogP contribution in [-0.4, -0.2) is 48.4 Å². The lowest BCUT2D eigenvalue weighted by atomic mass is 10.0. The summed E-state index contributed by atoms with van der Waals surface area (Å²) >= 11 is 1.48. The Bertz CT molecular complexity index is 1970. The molecular formula is C39H35N3O7S. The lowest BCUT2D eigenvalue weighted by Gasteiger charge is -2.17. The second-order valence-electron chi connectivity index (χ2n) is 10.9. The first kappa shape index (κ1) is 35.2. The monoisotopic (exact) mass is 689 g/mol. The summed E-state index contributed by atoms with van der Waals surface area (Å²) in [6.07, 6.45) is 4.79. The molecule has 50 heavy (non-hydrogen) atoms. The summed E-state index contributed by atoms with van der Waals surface area (Å²) in [5.41, 5.74) is 7.95. The number of hydrazone groups is 1. The molecule has 0 saturated carbocycles. The number of ether oxygens (including phenoxy) is 4. The molecule has 4 aromatic carbocycles. The molecule has 0 saturated heterocycles. The molecule has 11 heteroatoms. The Morgan fingerprint density at radius 2 is 1.64 bits per heavy atom. The highest BCUT2D eigenvalue weighted by Gasteiger charge is 2.17. The number of rotatable bonds is 16. The minimum absolute atomic E-state index is 0.116. The average molecular weight is 690 g/mol. The smallest absolute Gasteiger partial charge is 0.343 e. The maximum absolute atomic E-state index is 13.3. The number of nitrogens with one attached hydrogen (secondary N) is 1. The fraction of sp³-hybridized carbons (Fsp3) is 0.154. The zero-order chi connectivity index (χ0) is 35.3. The van der Waals surface area contributed by atoms with Crippen LogP contribution < -0.4 is 14.9 Å². The van der Waals surface area contributed by atoms with Gasteiger partial charge in [-0.1, -0.05) is 80.3 Å². The van der Waals surface area contributed by atoms with E-state index in [1.165, 1.54) is 16.9 Å². The minimum Gasteiger partial charge on any atom is -0.490 e. The molecule has 0 fully saturated rings. The zero-order valence-electron chi connectivity index (χ0n) is 27.4. The number of thiazole rings is 1. The molecule has 0 amide bonds. The van der Waals surface area contributed by atoms with E-state index in [4.69, 9.17) is 18.9 Å². The fourth-order valence-corrected chi connectivity index (χ4v) is 5.56. The van der Waals surface area contributed by atoms with Crippen molar-refractivity contribution in [1.82, 2.24) is 4.98 Å². The van der Waals surface area contributed by atoms with Gasteiger partial charge in [-0.05, 0) is 71.6 Å². The number of anilines is 1. The van der Waals surface area contributed by atoms with E-state index in [-0.39, 0.29) is 18.8 Å². The number of esters is 3. The molecule has 0 aliphatic carbocycles. The number of fused-ring (bicyclic) bond motifs is 1. The summed E-state index contributed by atoms with van der Waals surface area (Å²) < 4.78 is 22.8. The van der Waals surface area contributed by atoms with E-state index in [9.17, 15) is 14.4 Å². The number of benzene rings is 4. The SMILES string of the molecule is C=CC(=O)OCC(COc1ccc(C(=O)Oc2ccc(-c3ccc(CCC)cc3)cc2C=NNc2nc3ccccc3s2)cc1)OC(=O)C=C. The molecule has 0 spiro atoms. The van der Waals surface area contributed by atoms with Crippen LogP contribution in [0.5, 0.6) is 11.5 Å². The summed E-state index contributed by atoms with van der Waals surface area (Å²) in [4.78, 5) is 41.0. The number of nitrogens with zero attached hydrogens (tertiary/aromatic N) is 2. The molecule has 1 N–H and O–H groups in total. The Morgan fingerprint density at radius 1 is 0.900 bits per heavy atom. The van der Waals surface area contributed by atoms with Crippen LogP contribution in [0, 0.1) is 0 Å². The van der Waals surface area contributed by atoms with Gasteiger partial charge in [0.15, 0.2) is 6.10 Å². The molecular weight excluding hydrogens is 655 g/mol. The van der Waals surface area contributed by atoms with Crippen molar-refractivity contribution in [2.45, 2.75) is 25.9 Å². The van der Waals surface area contributed by atoms with Crippen molar-refractivity contribution >= 4 is 50.8 Å². The Morgan fingerprint density at radius 3 is 2.36 bits per heavy atom. The van der Waals surface area contributed by atoms with E-state index in [0.29, 0.717) is 22.2 Å². The first-order valence-electron chi connectivity index (χ1n) is 15.8. The molecule has 0 aliphatic heterocycles. The Hall–Kier alpha value is -6.07. The lowest BCUT2D eigenvalue weighted by molar-refractivity contribution is -0.154. The third-order valence-corrected chi connectivity index (χ3v) is 8.19. The quantitative estimate of drug-likeness (QED) is 0.0363. The van der Waals surface area contributed by atoms with Crippen molar-refractivity contribution in [3.8, 4) is 22.6 Å². The van der Waals surface area contributed by atoms with E-state index < -0.39 is 24.0 Å². The molecule has 0 aliphatic rings. The van der Waals surface area contributed by atoms with Gasteiger partial charge in [0.25, 0.3) is 0 Å². The lowest BCUT2D eigenvalue weighted by Crippen LogP contribution is -2.30. The largest absolute Gasteiger partial charge is 0.490 e. The summed E-state index contributed by atoms with van der Waals surface area (Å²) in [5.74, 6) is -1.24. The molecule has 254 valence electrons. The number of hydrogen-bond acceptors (Lipinski definition) is 11. The number of aromatic nitrogens is 1. The Kier molecular flexibility index (Phi) is 12.2. The maximum Gasteiger partial charge on any atom is 0.343 e. The van der Waals surface area contributed by atoms with Gasteiger partial charge in [0.1, 0.15) is 24.7 Å². The number of carbonyl (C=O) groups is 3. The zero-order valence-corrected chi connectivity index (χ0v) is 28.2. The van der Waals surface area contributed by atoms with Crippen molar-refractivity contribution in [3.05, 3.63) is 133 Å². The van der Waals surface area contributed by atoms with Gasteiger partial charge >= 0.3 is 17.9 Å². The van der Waals surface area contributed by atoms with Crippen LogP contribution in [-0.2, 0) is 25.5 Å². The van der Waals surface area contributed by atoms with Crippen LogP contribution in [0.25, 0.3) is 21.3 Å². The summed E-state index contributed by atoms with van der Waals surface area (Å²) in [6, 6.07) is 28.0. The molecule has 1 atom stereocenters. The molecule has 1 unspecified atom stereocenters. The van der Waals surface area contributed by atoms with Crippen LogP contribution >= 0.6 is 11.3 Å². The van der Waals surface area contributed by atoms with E-state index in [1.54, 1.807) is 36.5 Å². The topological polar surface area (TPSA) is 125 Å². The molecule has 1 heterocycles. The molecule has 10 nitrogen and oxygen atoms in total. The second-order valence-corrected chi connectivity index (χ2v) is 11.9. The number of carbonyl (C=O) groups excluding carboxylic acids is 3.